The number of rotatable bonds is 1. The van der Waals surface area contributed by atoms with Gasteiger partial charge in [0.25, 0.3) is 0 Å². The Balaban J connectivity index is 2.40. The van der Waals surface area contributed by atoms with Gasteiger partial charge in [0.05, 0.1) is 0 Å². The molecule has 92 valence electrons. The first kappa shape index (κ1) is 13.3. The summed E-state index contributed by atoms with van der Waals surface area (Å²) in [5.41, 5.74) is 0. The van der Waals surface area contributed by atoms with E-state index >= 15 is 0 Å². The third-order valence-corrected chi connectivity index (χ3v) is 3.02. The molecular weight excluding hydrogens is 200 g/mol. The Kier molecular flexibility index (Phi) is 6.95. The largest absolute Gasteiger partial charge is 0.432 e. The maximum atomic E-state index is 10.9. The van der Waals surface area contributed by atoms with Gasteiger partial charge in [-0.15, -0.1) is 0 Å². The van der Waals surface area contributed by atoms with E-state index in [0.29, 0.717) is 0 Å². The normalized spacial score (nSPS) is 23.4. The monoisotopic (exact) mass is 224 g/mol. The molecule has 0 fully saturated rings. The highest BCUT2D eigenvalue weighted by Crippen LogP contribution is 2.17. The molecule has 0 spiro atoms. The van der Waals surface area contributed by atoms with Crippen LogP contribution in [0.25, 0.3) is 0 Å². The zero-order valence-corrected chi connectivity index (χ0v) is 10.5. The van der Waals surface area contributed by atoms with E-state index in [9.17, 15) is 4.79 Å². The summed E-state index contributed by atoms with van der Waals surface area (Å²) in [6.45, 7) is 1.48. The molecule has 0 aromatic carbocycles. The molecule has 0 aromatic heterocycles. The predicted molar refractivity (Wildman–Crippen MR) is 66.0 cm³/mol. The first-order valence-corrected chi connectivity index (χ1v) is 6.66. The van der Waals surface area contributed by atoms with E-state index in [1.807, 2.05) is 0 Å². The van der Waals surface area contributed by atoms with Gasteiger partial charge in [-0.25, -0.2) is 0 Å². The second-order valence-electron chi connectivity index (χ2n) is 4.63. The molecule has 0 bridgehead atoms. The van der Waals surface area contributed by atoms with Gasteiger partial charge in [-0.2, -0.15) is 0 Å². The summed E-state index contributed by atoms with van der Waals surface area (Å²) in [5.74, 6) is 0.714. The molecular formula is C14H24O2. The van der Waals surface area contributed by atoms with Crippen LogP contribution in [0.3, 0.4) is 0 Å². The lowest BCUT2D eigenvalue weighted by Crippen LogP contribution is -1.99. The molecule has 1 rings (SSSR count). The van der Waals surface area contributed by atoms with E-state index in [1.54, 1.807) is 0 Å². The molecule has 0 aliphatic heterocycles. The van der Waals surface area contributed by atoms with E-state index in [0.717, 1.165) is 25.0 Å². The van der Waals surface area contributed by atoms with Crippen LogP contribution >= 0.6 is 0 Å². The van der Waals surface area contributed by atoms with Crippen LogP contribution in [0.2, 0.25) is 0 Å². The molecule has 0 heterocycles. The predicted octanol–water partition coefficient (Wildman–Crippen LogP) is 4.35. The lowest BCUT2D eigenvalue weighted by molar-refractivity contribution is -0.137. The molecule has 16 heavy (non-hydrogen) atoms. The second kappa shape index (κ2) is 8.37. The highest BCUT2D eigenvalue weighted by molar-refractivity contribution is 5.67. The molecule has 0 saturated heterocycles. The van der Waals surface area contributed by atoms with Crippen molar-refractivity contribution in [3.63, 3.8) is 0 Å². The van der Waals surface area contributed by atoms with Gasteiger partial charge in [0.1, 0.15) is 5.76 Å². The Labute approximate surface area is 99.1 Å². The van der Waals surface area contributed by atoms with Crippen molar-refractivity contribution in [3.8, 4) is 0 Å². The third kappa shape index (κ3) is 6.65. The fourth-order valence-electron chi connectivity index (χ4n) is 2.15. The van der Waals surface area contributed by atoms with Crippen molar-refractivity contribution in [2.45, 2.75) is 71.1 Å². The zero-order chi connectivity index (χ0) is 11.6. The number of hydrogen-bond acceptors (Lipinski definition) is 2. The highest BCUT2D eigenvalue weighted by atomic mass is 16.5. The molecule has 0 radical (unpaired) electrons. The lowest BCUT2D eigenvalue weighted by atomic mass is 10.0. The lowest BCUT2D eigenvalue weighted by Gasteiger charge is -2.09. The number of carbonyl (C=O) groups excluding carboxylic acids is 1. The highest BCUT2D eigenvalue weighted by Gasteiger charge is 2.03. The third-order valence-electron chi connectivity index (χ3n) is 3.02. The second-order valence-corrected chi connectivity index (χ2v) is 4.63. The summed E-state index contributed by atoms with van der Waals surface area (Å²) < 4.78 is 5.22. The van der Waals surface area contributed by atoms with E-state index in [-0.39, 0.29) is 5.97 Å². The molecule has 0 aromatic rings. The van der Waals surface area contributed by atoms with Gasteiger partial charge < -0.3 is 4.74 Å². The Morgan fingerprint density at radius 3 is 2.19 bits per heavy atom. The number of esters is 1. The van der Waals surface area contributed by atoms with Crippen LogP contribution in [0.1, 0.15) is 71.1 Å². The summed E-state index contributed by atoms with van der Waals surface area (Å²) in [6, 6.07) is 0. The minimum absolute atomic E-state index is 0.182. The Bertz CT molecular complexity index is 231. The average Bonchev–Trinajstić information content (AvgIpc) is 2.21. The minimum atomic E-state index is -0.182. The minimum Gasteiger partial charge on any atom is -0.432 e. The maximum Gasteiger partial charge on any atom is 0.307 e. The van der Waals surface area contributed by atoms with Crippen molar-refractivity contribution >= 4 is 5.97 Å². The van der Waals surface area contributed by atoms with Crippen molar-refractivity contribution < 1.29 is 9.53 Å². The van der Waals surface area contributed by atoms with E-state index in [4.69, 9.17) is 4.74 Å². The van der Waals surface area contributed by atoms with Crippen LogP contribution in [-0.4, -0.2) is 5.97 Å². The molecule has 1 aliphatic carbocycles. The van der Waals surface area contributed by atoms with Crippen LogP contribution in [-0.2, 0) is 9.53 Å². The Morgan fingerprint density at radius 1 is 1.00 bits per heavy atom. The number of allylic oxidation sites excluding steroid dienone is 2. The standard InChI is InChI=1S/C14H24O2/c1-13(15)16-14-11-9-7-5-3-2-4-6-8-10-12-14/h11H,2-10,12H2,1H3/b14-11+. The number of carbonyl (C=O) groups is 1. The zero-order valence-electron chi connectivity index (χ0n) is 10.5. The van der Waals surface area contributed by atoms with Crippen LogP contribution in [0.15, 0.2) is 11.8 Å². The summed E-state index contributed by atoms with van der Waals surface area (Å²) >= 11 is 0. The summed E-state index contributed by atoms with van der Waals surface area (Å²) in [7, 11) is 0. The number of hydrogen-bond donors (Lipinski definition) is 0. The van der Waals surface area contributed by atoms with Gasteiger partial charge in [-0.3, -0.25) is 4.79 Å². The van der Waals surface area contributed by atoms with E-state index < -0.39 is 0 Å². The van der Waals surface area contributed by atoms with Crippen molar-refractivity contribution in [1.82, 2.24) is 0 Å². The fourth-order valence-corrected chi connectivity index (χ4v) is 2.15. The fraction of sp³-hybridized carbons (Fsp3) is 0.786. The Morgan fingerprint density at radius 2 is 1.56 bits per heavy atom. The van der Waals surface area contributed by atoms with Gasteiger partial charge >= 0.3 is 5.97 Å². The van der Waals surface area contributed by atoms with Crippen molar-refractivity contribution in [2.24, 2.45) is 0 Å². The SMILES string of the molecule is CC(=O)O/C1=C/CCCCCCCCCC1. The van der Waals surface area contributed by atoms with Crippen LogP contribution in [0.5, 0.6) is 0 Å². The first-order chi connectivity index (χ1) is 7.79. The van der Waals surface area contributed by atoms with Gasteiger partial charge in [-0.05, 0) is 25.3 Å². The van der Waals surface area contributed by atoms with Gasteiger partial charge in [0.2, 0.25) is 0 Å². The van der Waals surface area contributed by atoms with Crippen molar-refractivity contribution in [1.29, 1.82) is 0 Å². The number of ether oxygens (including phenoxy) is 1. The quantitative estimate of drug-likeness (QED) is 0.619. The van der Waals surface area contributed by atoms with Crippen molar-refractivity contribution in [3.05, 3.63) is 11.8 Å². The smallest absolute Gasteiger partial charge is 0.307 e. The topological polar surface area (TPSA) is 26.3 Å². The molecule has 0 N–H and O–H groups in total. The first-order valence-electron chi connectivity index (χ1n) is 6.66. The van der Waals surface area contributed by atoms with E-state index in [2.05, 4.69) is 6.08 Å². The Hall–Kier alpha value is -0.790. The van der Waals surface area contributed by atoms with Crippen LogP contribution in [0.4, 0.5) is 0 Å². The summed E-state index contributed by atoms with van der Waals surface area (Å²) in [5, 5.41) is 0. The maximum absolute atomic E-state index is 10.9. The van der Waals surface area contributed by atoms with E-state index in [1.165, 1.54) is 51.9 Å². The van der Waals surface area contributed by atoms with Gasteiger partial charge in [-0.1, -0.05) is 38.5 Å². The van der Waals surface area contributed by atoms with Crippen LogP contribution < -0.4 is 0 Å². The molecule has 2 nitrogen and oxygen atoms in total. The molecule has 0 atom stereocenters. The molecule has 0 amide bonds. The molecule has 0 saturated carbocycles. The summed E-state index contributed by atoms with van der Waals surface area (Å²) in [4.78, 5) is 10.9. The molecule has 0 unspecified atom stereocenters. The average molecular weight is 224 g/mol. The van der Waals surface area contributed by atoms with Gasteiger partial charge in [0.15, 0.2) is 0 Å². The van der Waals surface area contributed by atoms with Gasteiger partial charge in [0, 0.05) is 13.3 Å². The molecule has 2 heteroatoms. The molecule has 1 aliphatic rings. The van der Waals surface area contributed by atoms with Crippen molar-refractivity contribution in [2.75, 3.05) is 0 Å². The summed E-state index contributed by atoms with van der Waals surface area (Å²) in [6.07, 6.45) is 14.5. The van der Waals surface area contributed by atoms with Crippen LogP contribution in [0, 0.1) is 0 Å².